The van der Waals surface area contributed by atoms with Crippen molar-refractivity contribution in [1.82, 2.24) is 4.31 Å². The van der Waals surface area contributed by atoms with Gasteiger partial charge in [0.2, 0.25) is 10.0 Å². The molecular formula is C13H22N2O3S. The van der Waals surface area contributed by atoms with Gasteiger partial charge < -0.3 is 10.5 Å². The summed E-state index contributed by atoms with van der Waals surface area (Å²) in [5.74, 6) is 0. The van der Waals surface area contributed by atoms with Gasteiger partial charge in [0.25, 0.3) is 0 Å². The van der Waals surface area contributed by atoms with E-state index in [-0.39, 0.29) is 0 Å². The zero-order valence-electron chi connectivity index (χ0n) is 11.7. The van der Waals surface area contributed by atoms with Gasteiger partial charge in [0, 0.05) is 33.0 Å². The summed E-state index contributed by atoms with van der Waals surface area (Å²) in [5.41, 5.74) is 6.94. The minimum Gasteiger partial charge on any atom is -0.399 e. The van der Waals surface area contributed by atoms with Crippen LogP contribution in [0.2, 0.25) is 0 Å². The summed E-state index contributed by atoms with van der Waals surface area (Å²) in [5, 5.41) is 0. The molecule has 0 saturated heterocycles. The molecule has 0 spiro atoms. The van der Waals surface area contributed by atoms with Crippen molar-refractivity contribution >= 4 is 15.7 Å². The highest BCUT2D eigenvalue weighted by atomic mass is 32.2. The van der Waals surface area contributed by atoms with Crippen LogP contribution in [0, 0.1) is 0 Å². The first-order valence-electron chi connectivity index (χ1n) is 6.27. The molecular weight excluding hydrogens is 264 g/mol. The fourth-order valence-corrected chi connectivity index (χ4v) is 3.36. The lowest BCUT2D eigenvalue weighted by molar-refractivity contribution is 0.189. The molecule has 0 aliphatic carbocycles. The number of benzene rings is 1. The van der Waals surface area contributed by atoms with E-state index in [1.165, 1.54) is 10.4 Å². The second-order valence-corrected chi connectivity index (χ2v) is 6.41. The molecule has 1 rings (SSSR count). The van der Waals surface area contributed by atoms with Crippen molar-refractivity contribution < 1.29 is 13.2 Å². The zero-order valence-corrected chi connectivity index (χ0v) is 12.5. The van der Waals surface area contributed by atoms with E-state index in [1.54, 1.807) is 26.3 Å². The van der Waals surface area contributed by atoms with E-state index in [2.05, 4.69) is 0 Å². The van der Waals surface area contributed by atoms with E-state index in [9.17, 15) is 8.42 Å². The number of anilines is 1. The van der Waals surface area contributed by atoms with Crippen LogP contribution in [-0.4, -0.2) is 40.0 Å². The van der Waals surface area contributed by atoms with Crippen LogP contribution in [0.3, 0.4) is 0 Å². The lowest BCUT2D eigenvalue weighted by atomic mass is 10.1. The molecule has 0 aliphatic rings. The Morgan fingerprint density at radius 2 is 2.05 bits per heavy atom. The number of hydrogen-bond donors (Lipinski definition) is 1. The third kappa shape index (κ3) is 3.92. The predicted molar refractivity (Wildman–Crippen MR) is 76.5 cm³/mol. The SMILES string of the molecule is CCc1ccc(N)cc1S(=O)(=O)N(C)CCCOC. The van der Waals surface area contributed by atoms with E-state index in [0.717, 1.165) is 5.56 Å². The molecule has 6 heteroatoms. The molecule has 0 aliphatic heterocycles. The molecule has 0 bridgehead atoms. The standard InChI is InChI=1S/C13H22N2O3S/c1-4-11-6-7-12(14)10-13(11)19(16,17)15(2)8-5-9-18-3/h6-7,10H,4-5,8-9,14H2,1-3H3. The summed E-state index contributed by atoms with van der Waals surface area (Å²) in [4.78, 5) is 0.301. The normalized spacial score (nSPS) is 12.0. The predicted octanol–water partition coefficient (Wildman–Crippen LogP) is 1.49. The van der Waals surface area contributed by atoms with Gasteiger partial charge in [-0.2, -0.15) is 0 Å². The Kier molecular flexibility index (Phi) is 5.78. The van der Waals surface area contributed by atoms with Gasteiger partial charge in [-0.25, -0.2) is 12.7 Å². The Bertz CT molecular complexity index is 515. The number of nitrogens with two attached hydrogens (primary N) is 1. The summed E-state index contributed by atoms with van der Waals surface area (Å²) in [6.07, 6.45) is 1.32. The fourth-order valence-electron chi connectivity index (χ4n) is 1.82. The van der Waals surface area contributed by atoms with Gasteiger partial charge in [-0.15, -0.1) is 0 Å². The maximum absolute atomic E-state index is 12.5. The number of methoxy groups -OCH3 is 1. The quantitative estimate of drug-likeness (QED) is 0.609. The zero-order chi connectivity index (χ0) is 14.5. The molecule has 0 amide bonds. The van der Waals surface area contributed by atoms with Crippen LogP contribution in [0.4, 0.5) is 5.69 Å². The number of aryl methyl sites for hydroxylation is 1. The largest absolute Gasteiger partial charge is 0.399 e. The molecule has 19 heavy (non-hydrogen) atoms. The van der Waals surface area contributed by atoms with E-state index >= 15 is 0 Å². The van der Waals surface area contributed by atoms with Crippen LogP contribution in [0.15, 0.2) is 23.1 Å². The minimum atomic E-state index is -3.49. The number of sulfonamides is 1. The molecule has 0 fully saturated rings. The molecule has 0 radical (unpaired) electrons. The van der Waals surface area contributed by atoms with Crippen molar-refractivity contribution in [2.45, 2.75) is 24.7 Å². The Morgan fingerprint density at radius 3 is 2.63 bits per heavy atom. The number of ether oxygens (including phenoxy) is 1. The number of rotatable bonds is 7. The Labute approximate surface area is 115 Å². The van der Waals surface area contributed by atoms with Crippen molar-refractivity contribution in [2.75, 3.05) is 33.0 Å². The third-order valence-electron chi connectivity index (χ3n) is 2.98. The van der Waals surface area contributed by atoms with E-state index in [4.69, 9.17) is 10.5 Å². The van der Waals surface area contributed by atoms with Crippen LogP contribution in [0.25, 0.3) is 0 Å². The lowest BCUT2D eigenvalue weighted by Gasteiger charge is -2.19. The summed E-state index contributed by atoms with van der Waals surface area (Å²) in [7, 11) is -0.311. The van der Waals surface area contributed by atoms with Crippen LogP contribution in [-0.2, 0) is 21.2 Å². The van der Waals surface area contributed by atoms with Gasteiger partial charge in [-0.05, 0) is 30.5 Å². The molecule has 0 aromatic heterocycles. The first-order valence-corrected chi connectivity index (χ1v) is 7.71. The summed E-state index contributed by atoms with van der Waals surface area (Å²) < 4.78 is 31.3. The van der Waals surface area contributed by atoms with Crippen LogP contribution < -0.4 is 5.73 Å². The second kappa shape index (κ2) is 6.88. The Morgan fingerprint density at radius 1 is 1.37 bits per heavy atom. The Hall–Kier alpha value is -1.11. The molecule has 0 unspecified atom stereocenters. The molecule has 0 atom stereocenters. The fraction of sp³-hybridized carbons (Fsp3) is 0.538. The van der Waals surface area contributed by atoms with Gasteiger partial charge in [0.05, 0.1) is 4.90 Å². The first kappa shape index (κ1) is 15.9. The monoisotopic (exact) mass is 286 g/mol. The number of nitrogens with zero attached hydrogens (tertiary/aromatic N) is 1. The first-order chi connectivity index (χ1) is 8.93. The second-order valence-electron chi connectivity index (χ2n) is 4.39. The summed E-state index contributed by atoms with van der Waals surface area (Å²) in [6, 6.07) is 5.02. The highest BCUT2D eigenvalue weighted by molar-refractivity contribution is 7.89. The molecule has 0 saturated carbocycles. The lowest BCUT2D eigenvalue weighted by Crippen LogP contribution is -2.29. The van der Waals surface area contributed by atoms with Crippen LogP contribution in [0.1, 0.15) is 18.9 Å². The minimum absolute atomic E-state index is 0.301. The van der Waals surface area contributed by atoms with Crippen molar-refractivity contribution in [2.24, 2.45) is 0 Å². The van der Waals surface area contributed by atoms with Gasteiger partial charge >= 0.3 is 0 Å². The van der Waals surface area contributed by atoms with E-state index in [1.807, 2.05) is 6.92 Å². The highest BCUT2D eigenvalue weighted by Gasteiger charge is 2.23. The maximum Gasteiger partial charge on any atom is 0.243 e. The van der Waals surface area contributed by atoms with Gasteiger partial charge in [-0.1, -0.05) is 13.0 Å². The summed E-state index contributed by atoms with van der Waals surface area (Å²) in [6.45, 7) is 2.89. The average molecular weight is 286 g/mol. The van der Waals surface area contributed by atoms with Gasteiger partial charge in [0.1, 0.15) is 0 Å². The van der Waals surface area contributed by atoms with Crippen molar-refractivity contribution in [3.05, 3.63) is 23.8 Å². The summed E-state index contributed by atoms with van der Waals surface area (Å²) >= 11 is 0. The molecule has 1 aromatic rings. The third-order valence-corrected chi connectivity index (χ3v) is 4.92. The van der Waals surface area contributed by atoms with Gasteiger partial charge in [-0.3, -0.25) is 0 Å². The molecule has 1 aromatic carbocycles. The van der Waals surface area contributed by atoms with Crippen molar-refractivity contribution in [3.8, 4) is 0 Å². The van der Waals surface area contributed by atoms with E-state index in [0.29, 0.717) is 36.6 Å². The molecule has 0 heterocycles. The average Bonchev–Trinajstić information content (AvgIpc) is 2.38. The van der Waals surface area contributed by atoms with Crippen LogP contribution in [0.5, 0.6) is 0 Å². The number of nitrogen functional groups attached to an aromatic ring is 1. The van der Waals surface area contributed by atoms with Crippen LogP contribution >= 0.6 is 0 Å². The van der Waals surface area contributed by atoms with Gasteiger partial charge in [0.15, 0.2) is 0 Å². The maximum atomic E-state index is 12.5. The molecule has 5 nitrogen and oxygen atoms in total. The number of hydrogen-bond acceptors (Lipinski definition) is 4. The Balaban J connectivity index is 3.02. The van der Waals surface area contributed by atoms with Crippen molar-refractivity contribution in [1.29, 1.82) is 0 Å². The highest BCUT2D eigenvalue weighted by Crippen LogP contribution is 2.22. The molecule has 2 N–H and O–H groups in total. The molecule has 108 valence electrons. The van der Waals surface area contributed by atoms with E-state index < -0.39 is 10.0 Å². The van der Waals surface area contributed by atoms with Crippen molar-refractivity contribution in [3.63, 3.8) is 0 Å². The smallest absolute Gasteiger partial charge is 0.243 e. The topological polar surface area (TPSA) is 72.6 Å².